The minimum Gasteiger partial charge on any atom is -0.349 e. The van der Waals surface area contributed by atoms with Crippen LogP contribution < -0.4 is 10.6 Å². The number of nitrogens with one attached hydrogen (secondary N) is 2. The number of benzene rings is 1. The van der Waals surface area contributed by atoms with Gasteiger partial charge in [-0.25, -0.2) is 4.98 Å². The summed E-state index contributed by atoms with van der Waals surface area (Å²) >= 11 is 0. The maximum atomic E-state index is 12.7. The molecule has 4 aromatic rings. The Morgan fingerprint density at radius 1 is 1.23 bits per heavy atom. The molecule has 0 fully saturated rings. The predicted molar refractivity (Wildman–Crippen MR) is 113 cm³/mol. The van der Waals surface area contributed by atoms with Gasteiger partial charge in [-0.3, -0.25) is 14.3 Å². The van der Waals surface area contributed by atoms with Gasteiger partial charge in [0, 0.05) is 18.1 Å². The van der Waals surface area contributed by atoms with E-state index in [0.29, 0.717) is 35.8 Å². The zero-order valence-corrected chi connectivity index (χ0v) is 16.4. The fourth-order valence-corrected chi connectivity index (χ4v) is 3.73. The number of carbonyl (C=O) groups excluding carboxylic acids is 2. The molecular formula is C22H20N6O2. The fourth-order valence-electron chi connectivity index (χ4n) is 3.73. The highest BCUT2D eigenvalue weighted by Crippen LogP contribution is 2.26. The SMILES string of the molecule is C[C@@H]1CNC(=O)c2cc3ccc(NC(=O)c4cnn(Cc5ccccc5)c4)nc3n21. The number of hydrogen-bond acceptors (Lipinski definition) is 4. The van der Waals surface area contributed by atoms with Crippen LogP contribution >= 0.6 is 0 Å². The molecule has 4 heterocycles. The average Bonchev–Trinajstić information content (AvgIpc) is 3.37. The molecule has 1 aromatic carbocycles. The summed E-state index contributed by atoms with van der Waals surface area (Å²) in [5.41, 5.74) is 2.83. The van der Waals surface area contributed by atoms with Crippen molar-refractivity contribution in [3.63, 3.8) is 0 Å². The topological polar surface area (TPSA) is 93.8 Å². The van der Waals surface area contributed by atoms with E-state index in [1.165, 1.54) is 0 Å². The van der Waals surface area contributed by atoms with Crippen LogP contribution in [0.5, 0.6) is 0 Å². The van der Waals surface area contributed by atoms with Crippen LogP contribution in [0.4, 0.5) is 5.82 Å². The average molecular weight is 400 g/mol. The molecule has 0 unspecified atom stereocenters. The van der Waals surface area contributed by atoms with E-state index >= 15 is 0 Å². The van der Waals surface area contributed by atoms with Crippen LogP contribution in [0.15, 0.2) is 60.9 Å². The van der Waals surface area contributed by atoms with Gasteiger partial charge in [-0.05, 0) is 30.7 Å². The molecule has 2 amide bonds. The summed E-state index contributed by atoms with van der Waals surface area (Å²) in [6, 6.07) is 15.4. The van der Waals surface area contributed by atoms with E-state index in [0.717, 1.165) is 10.9 Å². The molecule has 2 N–H and O–H groups in total. The summed E-state index contributed by atoms with van der Waals surface area (Å²) in [6.45, 7) is 3.17. The Labute approximate surface area is 172 Å². The lowest BCUT2D eigenvalue weighted by Gasteiger charge is -2.23. The Balaban J connectivity index is 1.37. The van der Waals surface area contributed by atoms with Crippen LogP contribution in [-0.4, -0.2) is 37.7 Å². The summed E-state index contributed by atoms with van der Waals surface area (Å²) in [5.74, 6) is 0.0438. The molecule has 30 heavy (non-hydrogen) atoms. The van der Waals surface area contributed by atoms with Crippen molar-refractivity contribution in [2.45, 2.75) is 19.5 Å². The molecular weight excluding hydrogens is 380 g/mol. The van der Waals surface area contributed by atoms with E-state index in [1.54, 1.807) is 23.1 Å². The number of rotatable bonds is 4. The second-order valence-electron chi connectivity index (χ2n) is 7.43. The number of nitrogens with zero attached hydrogens (tertiary/aromatic N) is 4. The Hall–Kier alpha value is -3.94. The van der Waals surface area contributed by atoms with Crippen LogP contribution in [-0.2, 0) is 6.54 Å². The number of hydrogen-bond donors (Lipinski definition) is 2. The van der Waals surface area contributed by atoms with E-state index in [2.05, 4.69) is 20.7 Å². The maximum absolute atomic E-state index is 12.7. The summed E-state index contributed by atoms with van der Waals surface area (Å²) in [7, 11) is 0. The van der Waals surface area contributed by atoms with Gasteiger partial charge in [-0.2, -0.15) is 5.10 Å². The Morgan fingerprint density at radius 2 is 2.07 bits per heavy atom. The molecule has 0 spiro atoms. The van der Waals surface area contributed by atoms with E-state index < -0.39 is 0 Å². The molecule has 0 aliphatic carbocycles. The second-order valence-corrected chi connectivity index (χ2v) is 7.43. The molecule has 1 aliphatic rings. The monoisotopic (exact) mass is 400 g/mol. The Kier molecular flexibility index (Phi) is 4.31. The number of aromatic nitrogens is 4. The van der Waals surface area contributed by atoms with Gasteiger partial charge in [-0.15, -0.1) is 0 Å². The summed E-state index contributed by atoms with van der Waals surface area (Å²) < 4.78 is 3.65. The molecule has 0 saturated heterocycles. The van der Waals surface area contributed by atoms with E-state index in [9.17, 15) is 9.59 Å². The molecule has 1 aliphatic heterocycles. The molecule has 150 valence electrons. The first kappa shape index (κ1) is 18.1. The van der Waals surface area contributed by atoms with E-state index in [4.69, 9.17) is 0 Å². The highest BCUT2D eigenvalue weighted by atomic mass is 16.2. The van der Waals surface area contributed by atoms with Gasteiger partial charge in [0.15, 0.2) is 0 Å². The number of carbonyl (C=O) groups is 2. The highest BCUT2D eigenvalue weighted by Gasteiger charge is 2.25. The van der Waals surface area contributed by atoms with Crippen molar-refractivity contribution in [2.75, 3.05) is 11.9 Å². The van der Waals surface area contributed by atoms with E-state index in [-0.39, 0.29) is 17.9 Å². The van der Waals surface area contributed by atoms with Gasteiger partial charge in [0.25, 0.3) is 11.8 Å². The lowest BCUT2D eigenvalue weighted by atomic mass is 10.2. The summed E-state index contributed by atoms with van der Waals surface area (Å²) in [5, 5.41) is 10.8. The first-order chi connectivity index (χ1) is 14.6. The Morgan fingerprint density at radius 3 is 2.90 bits per heavy atom. The van der Waals surface area contributed by atoms with Crippen molar-refractivity contribution in [3.05, 3.63) is 77.7 Å². The molecule has 1 atom stereocenters. The standard InChI is InChI=1S/C22H20N6O2/c1-14-10-23-22(30)18-9-16-7-8-19(25-20(16)28(14)18)26-21(29)17-11-24-27(13-17)12-15-5-3-2-4-6-15/h2-9,11,13-14H,10,12H2,1H3,(H,23,30)(H,25,26,29)/t14-/m1/s1. The van der Waals surface area contributed by atoms with Crippen molar-refractivity contribution in [1.29, 1.82) is 0 Å². The zero-order valence-electron chi connectivity index (χ0n) is 16.4. The minimum absolute atomic E-state index is 0.0878. The van der Waals surface area contributed by atoms with Crippen LogP contribution in [0, 0.1) is 0 Å². The van der Waals surface area contributed by atoms with Crippen molar-refractivity contribution < 1.29 is 9.59 Å². The van der Waals surface area contributed by atoms with Crippen LogP contribution in [0.25, 0.3) is 11.0 Å². The van der Waals surface area contributed by atoms with Crippen molar-refractivity contribution in [1.82, 2.24) is 24.6 Å². The third kappa shape index (κ3) is 3.22. The molecule has 3 aromatic heterocycles. The zero-order chi connectivity index (χ0) is 20.7. The fraction of sp³-hybridized carbons (Fsp3) is 0.182. The Bertz CT molecular complexity index is 1260. The molecule has 8 nitrogen and oxygen atoms in total. The predicted octanol–water partition coefficient (Wildman–Crippen LogP) is 2.84. The molecule has 5 rings (SSSR count). The van der Waals surface area contributed by atoms with Gasteiger partial charge in [0.05, 0.1) is 24.3 Å². The van der Waals surface area contributed by atoms with Crippen molar-refractivity contribution >= 4 is 28.7 Å². The largest absolute Gasteiger partial charge is 0.349 e. The molecule has 0 saturated carbocycles. The van der Waals surface area contributed by atoms with Crippen LogP contribution in [0.3, 0.4) is 0 Å². The maximum Gasteiger partial charge on any atom is 0.268 e. The van der Waals surface area contributed by atoms with Crippen LogP contribution in [0.2, 0.25) is 0 Å². The van der Waals surface area contributed by atoms with Gasteiger partial charge in [-0.1, -0.05) is 30.3 Å². The van der Waals surface area contributed by atoms with Crippen molar-refractivity contribution in [3.8, 4) is 0 Å². The normalized spacial score (nSPS) is 15.6. The van der Waals surface area contributed by atoms with Gasteiger partial charge in [0.2, 0.25) is 0 Å². The van der Waals surface area contributed by atoms with Gasteiger partial charge in [0.1, 0.15) is 17.2 Å². The number of amides is 2. The van der Waals surface area contributed by atoms with Gasteiger partial charge < -0.3 is 15.2 Å². The lowest BCUT2D eigenvalue weighted by molar-refractivity contribution is 0.0918. The van der Waals surface area contributed by atoms with Crippen molar-refractivity contribution in [2.24, 2.45) is 0 Å². The summed E-state index contributed by atoms with van der Waals surface area (Å²) in [6.07, 6.45) is 3.26. The second kappa shape index (κ2) is 7.14. The van der Waals surface area contributed by atoms with Gasteiger partial charge >= 0.3 is 0 Å². The lowest BCUT2D eigenvalue weighted by Crippen LogP contribution is -2.37. The van der Waals surface area contributed by atoms with Crippen LogP contribution in [0.1, 0.15) is 39.4 Å². The first-order valence-corrected chi connectivity index (χ1v) is 9.76. The minimum atomic E-state index is -0.280. The first-order valence-electron chi connectivity index (χ1n) is 9.76. The van der Waals surface area contributed by atoms with E-state index in [1.807, 2.05) is 54.0 Å². The summed E-state index contributed by atoms with van der Waals surface area (Å²) in [4.78, 5) is 29.4. The smallest absolute Gasteiger partial charge is 0.268 e. The molecule has 0 radical (unpaired) electrons. The highest BCUT2D eigenvalue weighted by molar-refractivity contribution is 6.04. The number of pyridine rings is 1. The number of fused-ring (bicyclic) bond motifs is 3. The third-order valence-corrected chi connectivity index (χ3v) is 5.24. The molecule has 8 heteroatoms. The number of anilines is 1. The third-order valence-electron chi connectivity index (χ3n) is 5.24. The quantitative estimate of drug-likeness (QED) is 0.551. The molecule has 0 bridgehead atoms.